The van der Waals surface area contributed by atoms with Gasteiger partial charge in [-0.05, 0) is 19.8 Å². The fourth-order valence-electron chi connectivity index (χ4n) is 2.55. The monoisotopic (exact) mass is 272 g/mol. The van der Waals surface area contributed by atoms with E-state index in [0.29, 0.717) is 12.8 Å². The third-order valence-electron chi connectivity index (χ3n) is 3.59. The van der Waals surface area contributed by atoms with Crippen molar-refractivity contribution in [3.63, 3.8) is 0 Å². The summed E-state index contributed by atoms with van der Waals surface area (Å²) in [5.74, 6) is 0.961. The number of hydrogen-bond acceptors (Lipinski definition) is 4. The molecule has 5 nitrogen and oxygen atoms in total. The van der Waals surface area contributed by atoms with Gasteiger partial charge < -0.3 is 9.67 Å². The zero-order chi connectivity index (χ0) is 13.2. The summed E-state index contributed by atoms with van der Waals surface area (Å²) in [6.45, 7) is 2.77. The molecule has 1 saturated heterocycles. The largest absolute Gasteiger partial charge is 0.391 e. The molecule has 102 valence electrons. The summed E-state index contributed by atoms with van der Waals surface area (Å²) in [6, 6.07) is 0. The number of rotatable bonds is 4. The first-order valence-electron chi connectivity index (χ1n) is 6.44. The number of nitrogens with zero attached hydrogens (tertiary/aromatic N) is 2. The third-order valence-corrected chi connectivity index (χ3v) is 5.92. The minimum Gasteiger partial charge on any atom is -0.391 e. The van der Waals surface area contributed by atoms with Crippen LogP contribution in [0.3, 0.4) is 0 Å². The molecule has 2 heterocycles. The molecule has 18 heavy (non-hydrogen) atoms. The maximum atomic E-state index is 11.9. The van der Waals surface area contributed by atoms with Gasteiger partial charge >= 0.3 is 0 Å². The second-order valence-electron chi connectivity index (χ2n) is 4.80. The van der Waals surface area contributed by atoms with Crippen molar-refractivity contribution in [2.45, 2.75) is 50.5 Å². The predicted octanol–water partition coefficient (Wildman–Crippen LogP) is 0.774. The van der Waals surface area contributed by atoms with Gasteiger partial charge in [-0.3, -0.25) is 0 Å². The van der Waals surface area contributed by atoms with Gasteiger partial charge in [0.05, 0.1) is 17.1 Å². The summed E-state index contributed by atoms with van der Waals surface area (Å²) in [5.41, 5.74) is 0. The van der Waals surface area contributed by atoms with E-state index >= 15 is 0 Å². The number of hydrogen-bond donors (Lipinski definition) is 1. The van der Waals surface area contributed by atoms with Gasteiger partial charge in [0.1, 0.15) is 5.82 Å². The topological polar surface area (TPSA) is 72.2 Å². The minimum absolute atomic E-state index is 0.205. The molecule has 0 radical (unpaired) electrons. The molecule has 0 aromatic carbocycles. The zero-order valence-corrected chi connectivity index (χ0v) is 11.4. The van der Waals surface area contributed by atoms with Crippen LogP contribution >= 0.6 is 0 Å². The average Bonchev–Trinajstić information content (AvgIpc) is 2.75. The maximum absolute atomic E-state index is 11.9. The Bertz CT molecular complexity index is 495. The van der Waals surface area contributed by atoms with Crippen molar-refractivity contribution in [3.05, 3.63) is 18.2 Å². The number of aliphatic hydroxyl groups is 1. The molecule has 0 spiro atoms. The van der Waals surface area contributed by atoms with Gasteiger partial charge in [-0.1, -0.05) is 6.42 Å². The first kappa shape index (κ1) is 13.5. The van der Waals surface area contributed by atoms with Gasteiger partial charge in [0.25, 0.3) is 0 Å². The van der Waals surface area contributed by atoms with E-state index < -0.39 is 21.2 Å². The summed E-state index contributed by atoms with van der Waals surface area (Å²) in [7, 11) is -3.13. The van der Waals surface area contributed by atoms with Crippen molar-refractivity contribution >= 4 is 9.84 Å². The van der Waals surface area contributed by atoms with E-state index in [4.69, 9.17) is 0 Å². The Balaban J connectivity index is 2.10. The molecule has 1 aliphatic heterocycles. The Labute approximate surface area is 108 Å². The highest BCUT2D eigenvalue weighted by Gasteiger charge is 2.35. The van der Waals surface area contributed by atoms with Crippen LogP contribution in [0.15, 0.2) is 12.4 Å². The average molecular weight is 272 g/mol. The minimum atomic E-state index is -3.13. The van der Waals surface area contributed by atoms with Gasteiger partial charge in [0, 0.05) is 25.4 Å². The number of aromatic nitrogens is 2. The molecule has 1 aromatic heterocycles. The maximum Gasteiger partial charge on any atom is 0.155 e. The molecule has 1 aliphatic rings. The second kappa shape index (κ2) is 5.40. The van der Waals surface area contributed by atoms with Gasteiger partial charge in [0.15, 0.2) is 9.84 Å². The third kappa shape index (κ3) is 2.75. The fourth-order valence-corrected chi connectivity index (χ4v) is 4.56. The molecule has 2 rings (SSSR count). The predicted molar refractivity (Wildman–Crippen MR) is 69.0 cm³/mol. The Morgan fingerprint density at radius 3 is 3.00 bits per heavy atom. The fraction of sp³-hybridized carbons (Fsp3) is 0.750. The molecule has 2 unspecified atom stereocenters. The lowest BCUT2D eigenvalue weighted by molar-refractivity contribution is 0.158. The molecule has 0 aliphatic carbocycles. The van der Waals surface area contributed by atoms with E-state index in [-0.39, 0.29) is 5.75 Å². The molecule has 0 bridgehead atoms. The Kier molecular flexibility index (Phi) is 4.07. The van der Waals surface area contributed by atoms with Crippen LogP contribution in [0, 0.1) is 0 Å². The van der Waals surface area contributed by atoms with Crippen LogP contribution in [0.2, 0.25) is 0 Å². The molecular weight excluding hydrogens is 252 g/mol. The Morgan fingerprint density at radius 2 is 2.33 bits per heavy atom. The molecule has 1 N–H and O–H groups in total. The lowest BCUT2D eigenvalue weighted by atomic mass is 10.1. The van der Waals surface area contributed by atoms with Crippen LogP contribution in [0.1, 0.15) is 32.0 Å². The van der Waals surface area contributed by atoms with E-state index in [1.165, 1.54) is 0 Å². The van der Waals surface area contributed by atoms with Crippen LogP contribution in [0.5, 0.6) is 0 Å². The lowest BCUT2D eigenvalue weighted by Gasteiger charge is -2.26. The zero-order valence-electron chi connectivity index (χ0n) is 10.6. The smallest absolute Gasteiger partial charge is 0.155 e. The highest BCUT2D eigenvalue weighted by molar-refractivity contribution is 7.92. The molecule has 1 aromatic rings. The van der Waals surface area contributed by atoms with Crippen molar-refractivity contribution in [1.82, 2.24) is 9.55 Å². The number of sulfone groups is 1. The van der Waals surface area contributed by atoms with E-state index in [0.717, 1.165) is 25.2 Å². The van der Waals surface area contributed by atoms with Gasteiger partial charge in [0.2, 0.25) is 0 Å². The van der Waals surface area contributed by atoms with Crippen LogP contribution in [-0.4, -0.2) is 40.2 Å². The van der Waals surface area contributed by atoms with Crippen LogP contribution < -0.4 is 0 Å². The first-order chi connectivity index (χ1) is 8.54. The molecule has 6 heteroatoms. The first-order valence-corrected chi connectivity index (χ1v) is 8.15. The summed E-state index contributed by atoms with van der Waals surface area (Å²) in [4.78, 5) is 4.18. The molecule has 0 saturated carbocycles. The summed E-state index contributed by atoms with van der Waals surface area (Å²) in [6.07, 6.45) is 5.15. The Morgan fingerprint density at radius 1 is 1.56 bits per heavy atom. The highest BCUT2D eigenvalue weighted by atomic mass is 32.2. The van der Waals surface area contributed by atoms with Crippen LogP contribution in [0.25, 0.3) is 0 Å². The Hall–Kier alpha value is -0.880. The molecular formula is C12H20N2O3S. The van der Waals surface area contributed by atoms with E-state index in [9.17, 15) is 13.5 Å². The van der Waals surface area contributed by atoms with Crippen molar-refractivity contribution in [1.29, 1.82) is 0 Å². The lowest BCUT2D eigenvalue weighted by Crippen LogP contribution is -2.40. The summed E-state index contributed by atoms with van der Waals surface area (Å²) in [5, 5.41) is 9.55. The van der Waals surface area contributed by atoms with Crippen molar-refractivity contribution < 1.29 is 13.5 Å². The van der Waals surface area contributed by atoms with Gasteiger partial charge in [-0.25, -0.2) is 13.4 Å². The number of aliphatic hydroxyl groups excluding tert-OH is 1. The summed E-state index contributed by atoms with van der Waals surface area (Å²) >= 11 is 0. The molecule has 0 amide bonds. The molecule has 2 atom stereocenters. The summed E-state index contributed by atoms with van der Waals surface area (Å²) < 4.78 is 25.8. The normalized spacial score (nSPS) is 24.9. The van der Waals surface area contributed by atoms with Gasteiger partial charge in [-0.15, -0.1) is 0 Å². The van der Waals surface area contributed by atoms with E-state index in [1.54, 1.807) is 6.20 Å². The van der Waals surface area contributed by atoms with Crippen molar-refractivity contribution in [2.24, 2.45) is 0 Å². The number of aryl methyl sites for hydroxylation is 1. The van der Waals surface area contributed by atoms with E-state index in [1.807, 2.05) is 17.7 Å². The van der Waals surface area contributed by atoms with Crippen molar-refractivity contribution in [3.8, 4) is 0 Å². The van der Waals surface area contributed by atoms with Crippen LogP contribution in [0.4, 0.5) is 0 Å². The van der Waals surface area contributed by atoms with E-state index in [2.05, 4.69) is 4.98 Å². The van der Waals surface area contributed by atoms with Gasteiger partial charge in [-0.2, -0.15) is 0 Å². The standard InChI is InChI=1S/C12H20N2O3S/c1-2-14-7-6-13-12(14)9-10(15)11-5-3-4-8-18(11,16)17/h6-7,10-11,15H,2-5,8-9H2,1H3. The highest BCUT2D eigenvalue weighted by Crippen LogP contribution is 2.23. The SMILES string of the molecule is CCn1ccnc1CC(O)C1CCCCS1(=O)=O. The number of imidazole rings is 1. The van der Waals surface area contributed by atoms with Crippen LogP contribution in [-0.2, 0) is 22.8 Å². The van der Waals surface area contributed by atoms with Crippen molar-refractivity contribution in [2.75, 3.05) is 5.75 Å². The quantitative estimate of drug-likeness (QED) is 0.879. The second-order valence-corrected chi connectivity index (χ2v) is 7.14. The molecule has 1 fully saturated rings.